The predicted molar refractivity (Wildman–Crippen MR) is 51.0 cm³/mol. The molecule has 0 bridgehead atoms. The number of rotatable bonds is 4. The minimum absolute atomic E-state index is 0.130. The van der Waals surface area contributed by atoms with Gasteiger partial charge in [0.1, 0.15) is 0 Å². The number of carbonyl (C=O) groups is 1. The number of amides is 1. The Morgan fingerprint density at radius 1 is 1.55 bits per heavy atom. The monoisotopic (exact) mass is 175 g/mol. The van der Waals surface area contributed by atoms with E-state index in [9.17, 15) is 4.79 Å². The van der Waals surface area contributed by atoms with E-state index in [-0.39, 0.29) is 5.91 Å². The SMILES string of the molecule is CCC(C)N(CC)C(=O)CS. The Morgan fingerprint density at radius 2 is 2.09 bits per heavy atom. The summed E-state index contributed by atoms with van der Waals surface area (Å²) in [7, 11) is 0. The third-order valence-electron chi connectivity index (χ3n) is 1.92. The van der Waals surface area contributed by atoms with Crippen molar-refractivity contribution in [1.29, 1.82) is 0 Å². The summed E-state index contributed by atoms with van der Waals surface area (Å²) in [6.45, 7) is 6.92. The molecule has 1 atom stereocenters. The lowest BCUT2D eigenvalue weighted by Crippen LogP contribution is -2.38. The molecule has 0 N–H and O–H groups in total. The molecular weight excluding hydrogens is 158 g/mol. The van der Waals surface area contributed by atoms with Gasteiger partial charge in [0.2, 0.25) is 5.91 Å². The lowest BCUT2D eigenvalue weighted by atomic mass is 10.2. The summed E-state index contributed by atoms with van der Waals surface area (Å²) in [6, 6.07) is 0.347. The smallest absolute Gasteiger partial charge is 0.232 e. The first-order valence-electron chi connectivity index (χ1n) is 4.07. The average Bonchev–Trinajstić information content (AvgIpc) is 2.05. The third kappa shape index (κ3) is 3.14. The van der Waals surface area contributed by atoms with Crippen molar-refractivity contribution in [3.8, 4) is 0 Å². The zero-order chi connectivity index (χ0) is 8.85. The van der Waals surface area contributed by atoms with Gasteiger partial charge in [-0.3, -0.25) is 4.79 Å². The summed E-state index contributed by atoms with van der Waals surface area (Å²) in [5.41, 5.74) is 0. The van der Waals surface area contributed by atoms with Gasteiger partial charge in [0.25, 0.3) is 0 Å². The molecule has 11 heavy (non-hydrogen) atoms. The Bertz CT molecular complexity index is 127. The standard InChI is InChI=1S/C8H17NOS/c1-4-7(3)9(5-2)8(10)6-11/h7,11H,4-6H2,1-3H3. The van der Waals surface area contributed by atoms with Gasteiger partial charge in [0.05, 0.1) is 5.75 Å². The molecule has 0 radical (unpaired) electrons. The fraction of sp³-hybridized carbons (Fsp3) is 0.875. The molecule has 0 spiro atoms. The van der Waals surface area contributed by atoms with Gasteiger partial charge in [-0.2, -0.15) is 12.6 Å². The van der Waals surface area contributed by atoms with Gasteiger partial charge in [0, 0.05) is 12.6 Å². The Labute approximate surface area is 74.4 Å². The molecule has 0 saturated heterocycles. The van der Waals surface area contributed by atoms with Crippen LogP contribution in [0.25, 0.3) is 0 Å². The second-order valence-corrected chi connectivity index (χ2v) is 2.91. The van der Waals surface area contributed by atoms with E-state index in [1.165, 1.54) is 0 Å². The molecule has 66 valence electrons. The first kappa shape index (κ1) is 10.8. The Hall–Kier alpha value is -0.180. The van der Waals surface area contributed by atoms with E-state index in [4.69, 9.17) is 0 Å². The predicted octanol–water partition coefficient (Wildman–Crippen LogP) is 1.56. The zero-order valence-electron chi connectivity index (χ0n) is 7.50. The zero-order valence-corrected chi connectivity index (χ0v) is 8.40. The van der Waals surface area contributed by atoms with E-state index in [2.05, 4.69) is 26.5 Å². The van der Waals surface area contributed by atoms with E-state index in [1.807, 2.05) is 11.8 Å². The molecule has 0 saturated carbocycles. The molecule has 0 fully saturated rings. The number of hydrogen-bond donors (Lipinski definition) is 1. The van der Waals surface area contributed by atoms with Crippen molar-refractivity contribution in [2.75, 3.05) is 12.3 Å². The number of carbonyl (C=O) groups excluding carboxylic acids is 1. The van der Waals surface area contributed by atoms with Gasteiger partial charge in [-0.25, -0.2) is 0 Å². The number of nitrogens with zero attached hydrogens (tertiary/aromatic N) is 1. The highest BCUT2D eigenvalue weighted by Gasteiger charge is 2.14. The highest BCUT2D eigenvalue weighted by molar-refractivity contribution is 7.81. The molecule has 3 heteroatoms. The van der Waals surface area contributed by atoms with Crippen LogP contribution >= 0.6 is 12.6 Å². The maximum Gasteiger partial charge on any atom is 0.232 e. The molecule has 1 amide bonds. The fourth-order valence-corrected chi connectivity index (χ4v) is 1.23. The van der Waals surface area contributed by atoms with Gasteiger partial charge in [-0.15, -0.1) is 0 Å². The van der Waals surface area contributed by atoms with Crippen molar-refractivity contribution in [3.63, 3.8) is 0 Å². The van der Waals surface area contributed by atoms with Crippen LogP contribution in [0.5, 0.6) is 0 Å². The largest absolute Gasteiger partial charge is 0.340 e. The van der Waals surface area contributed by atoms with Crippen LogP contribution in [0.15, 0.2) is 0 Å². The molecule has 0 rings (SSSR count). The normalized spacial score (nSPS) is 12.7. The van der Waals surface area contributed by atoms with Gasteiger partial charge in [-0.05, 0) is 20.3 Å². The Morgan fingerprint density at radius 3 is 2.36 bits per heavy atom. The van der Waals surface area contributed by atoms with Gasteiger partial charge < -0.3 is 4.90 Å². The average molecular weight is 175 g/mol. The molecule has 0 aromatic rings. The van der Waals surface area contributed by atoms with E-state index in [0.29, 0.717) is 11.8 Å². The lowest BCUT2D eigenvalue weighted by molar-refractivity contribution is -0.130. The van der Waals surface area contributed by atoms with Crippen LogP contribution in [0.1, 0.15) is 27.2 Å². The number of hydrogen-bond acceptors (Lipinski definition) is 2. The Kier molecular flexibility index (Phi) is 5.38. The van der Waals surface area contributed by atoms with Crippen LogP contribution in [0.2, 0.25) is 0 Å². The first-order valence-corrected chi connectivity index (χ1v) is 4.70. The maximum atomic E-state index is 11.2. The van der Waals surface area contributed by atoms with Crippen LogP contribution in [0.4, 0.5) is 0 Å². The van der Waals surface area contributed by atoms with Crippen molar-refractivity contribution in [2.45, 2.75) is 33.2 Å². The van der Waals surface area contributed by atoms with Crippen molar-refractivity contribution in [2.24, 2.45) is 0 Å². The first-order chi connectivity index (χ1) is 5.17. The minimum atomic E-state index is 0.130. The highest BCUT2D eigenvalue weighted by atomic mass is 32.1. The summed E-state index contributed by atoms with van der Waals surface area (Å²) in [5, 5.41) is 0. The summed E-state index contributed by atoms with van der Waals surface area (Å²) < 4.78 is 0. The quantitative estimate of drug-likeness (QED) is 0.643. The fourth-order valence-electron chi connectivity index (χ4n) is 1.05. The highest BCUT2D eigenvalue weighted by Crippen LogP contribution is 2.03. The molecule has 2 nitrogen and oxygen atoms in total. The van der Waals surface area contributed by atoms with Gasteiger partial charge >= 0.3 is 0 Å². The summed E-state index contributed by atoms with van der Waals surface area (Å²) in [6.07, 6.45) is 1.01. The summed E-state index contributed by atoms with van der Waals surface area (Å²) in [4.78, 5) is 13.0. The molecule has 0 aliphatic heterocycles. The maximum absolute atomic E-state index is 11.2. The third-order valence-corrected chi connectivity index (χ3v) is 2.19. The van der Waals surface area contributed by atoms with E-state index >= 15 is 0 Å². The van der Waals surface area contributed by atoms with Gasteiger partial charge in [-0.1, -0.05) is 6.92 Å². The molecule has 0 aliphatic rings. The molecule has 0 aromatic heterocycles. The van der Waals surface area contributed by atoms with Crippen LogP contribution in [0.3, 0.4) is 0 Å². The molecule has 0 heterocycles. The topological polar surface area (TPSA) is 20.3 Å². The molecule has 1 unspecified atom stereocenters. The van der Waals surface area contributed by atoms with E-state index in [0.717, 1.165) is 13.0 Å². The van der Waals surface area contributed by atoms with Crippen LogP contribution < -0.4 is 0 Å². The van der Waals surface area contributed by atoms with Crippen molar-refractivity contribution in [1.82, 2.24) is 4.90 Å². The van der Waals surface area contributed by atoms with Crippen molar-refractivity contribution < 1.29 is 4.79 Å². The number of thiol groups is 1. The van der Waals surface area contributed by atoms with Crippen LogP contribution in [-0.4, -0.2) is 29.1 Å². The van der Waals surface area contributed by atoms with E-state index < -0.39 is 0 Å². The summed E-state index contributed by atoms with van der Waals surface area (Å²) in [5.74, 6) is 0.447. The van der Waals surface area contributed by atoms with Gasteiger partial charge in [0.15, 0.2) is 0 Å². The molecular formula is C8H17NOS. The second-order valence-electron chi connectivity index (χ2n) is 2.60. The lowest BCUT2D eigenvalue weighted by Gasteiger charge is -2.26. The molecule has 0 aliphatic carbocycles. The van der Waals surface area contributed by atoms with Crippen molar-refractivity contribution in [3.05, 3.63) is 0 Å². The summed E-state index contributed by atoms with van der Waals surface area (Å²) >= 11 is 3.95. The van der Waals surface area contributed by atoms with Crippen molar-refractivity contribution >= 4 is 18.5 Å². The van der Waals surface area contributed by atoms with Crippen LogP contribution in [-0.2, 0) is 4.79 Å². The second kappa shape index (κ2) is 5.47. The molecule has 0 aromatic carbocycles. The minimum Gasteiger partial charge on any atom is -0.340 e. The van der Waals surface area contributed by atoms with Crippen LogP contribution in [0, 0.1) is 0 Å². The Balaban J connectivity index is 4.03. The van der Waals surface area contributed by atoms with E-state index in [1.54, 1.807) is 0 Å².